The average molecular weight is 484 g/mol. The number of esters is 1. The molecular formula is C25H26ClN3O5. The van der Waals surface area contributed by atoms with Gasteiger partial charge in [-0.2, -0.15) is 0 Å². The predicted molar refractivity (Wildman–Crippen MR) is 129 cm³/mol. The lowest BCUT2D eigenvalue weighted by Crippen LogP contribution is -2.40. The van der Waals surface area contributed by atoms with Crippen LogP contribution in [0.1, 0.15) is 34.8 Å². The van der Waals surface area contributed by atoms with E-state index >= 15 is 0 Å². The second kappa shape index (κ2) is 10.0. The molecule has 4 heterocycles. The molecule has 34 heavy (non-hydrogen) atoms. The van der Waals surface area contributed by atoms with Crippen molar-refractivity contribution in [3.05, 3.63) is 63.4 Å². The Labute approximate surface area is 202 Å². The molecule has 9 heteroatoms. The number of rotatable bonds is 6. The standard InChI is InChI=1S/C25H25N3O5.ClH/c1-2-21(29)18-11-20-25-19(13-28(20)22(30)12-18)10-16-4-3-5-17(24(16)26-25)15-33-23(31)14-27-6-8-32-9-7-27;/h3-5,10-12H,2,6-9,13-15H2,1H3;1H. The van der Waals surface area contributed by atoms with Crippen LogP contribution in [0.15, 0.2) is 41.2 Å². The van der Waals surface area contributed by atoms with Gasteiger partial charge in [0.1, 0.15) is 6.61 Å². The molecule has 0 bridgehead atoms. The van der Waals surface area contributed by atoms with Gasteiger partial charge in [0, 0.05) is 47.7 Å². The van der Waals surface area contributed by atoms with Crippen molar-refractivity contribution < 1.29 is 19.1 Å². The first-order chi connectivity index (χ1) is 16.0. The average Bonchev–Trinajstić information content (AvgIpc) is 3.19. The number of nitrogens with zero attached hydrogens (tertiary/aromatic N) is 3. The molecule has 3 aromatic rings. The minimum atomic E-state index is -0.283. The number of hydrogen-bond donors (Lipinski definition) is 0. The number of Topliss-reactive ketones (excluding diaryl/α,β-unsaturated/α-hetero) is 1. The first-order valence-electron chi connectivity index (χ1n) is 11.2. The molecule has 5 rings (SSSR count). The number of fused-ring (bicyclic) bond motifs is 4. The lowest BCUT2D eigenvalue weighted by molar-refractivity contribution is -0.147. The number of ketones is 1. The summed E-state index contributed by atoms with van der Waals surface area (Å²) >= 11 is 0. The van der Waals surface area contributed by atoms with Crippen LogP contribution in [0.2, 0.25) is 0 Å². The third kappa shape index (κ3) is 4.61. The van der Waals surface area contributed by atoms with Crippen LogP contribution in [-0.4, -0.2) is 59.1 Å². The highest BCUT2D eigenvalue weighted by atomic mass is 35.5. The first-order valence-corrected chi connectivity index (χ1v) is 11.2. The number of morpholine rings is 1. The number of halogens is 1. The van der Waals surface area contributed by atoms with Gasteiger partial charge in [0.2, 0.25) is 0 Å². The third-order valence-electron chi connectivity index (χ3n) is 6.20. The van der Waals surface area contributed by atoms with Crippen molar-refractivity contribution in [2.75, 3.05) is 32.8 Å². The van der Waals surface area contributed by atoms with Crippen molar-refractivity contribution in [2.45, 2.75) is 26.5 Å². The molecule has 0 N–H and O–H groups in total. The molecule has 0 spiro atoms. The summed E-state index contributed by atoms with van der Waals surface area (Å²) in [5, 5.41) is 0.918. The van der Waals surface area contributed by atoms with Crippen LogP contribution in [-0.2, 0) is 27.4 Å². The molecule has 2 aliphatic heterocycles. The lowest BCUT2D eigenvalue weighted by atomic mass is 10.0. The number of para-hydroxylation sites is 1. The summed E-state index contributed by atoms with van der Waals surface area (Å²) in [4.78, 5) is 44.1. The van der Waals surface area contributed by atoms with Gasteiger partial charge in [-0.3, -0.25) is 19.3 Å². The van der Waals surface area contributed by atoms with Crippen molar-refractivity contribution in [1.29, 1.82) is 0 Å². The fraction of sp³-hybridized carbons (Fsp3) is 0.360. The maximum atomic E-state index is 12.6. The molecule has 8 nitrogen and oxygen atoms in total. The fourth-order valence-electron chi connectivity index (χ4n) is 4.40. The zero-order valence-corrected chi connectivity index (χ0v) is 19.7. The Morgan fingerprint density at radius 3 is 2.71 bits per heavy atom. The van der Waals surface area contributed by atoms with Gasteiger partial charge in [0.15, 0.2) is 5.78 Å². The highest BCUT2D eigenvalue weighted by Gasteiger charge is 2.24. The Hall–Kier alpha value is -3.07. The molecule has 0 radical (unpaired) electrons. The molecule has 1 fully saturated rings. The van der Waals surface area contributed by atoms with Crippen LogP contribution in [0.5, 0.6) is 0 Å². The predicted octanol–water partition coefficient (Wildman–Crippen LogP) is 2.82. The molecule has 1 aromatic carbocycles. The van der Waals surface area contributed by atoms with Gasteiger partial charge in [0.05, 0.1) is 43.2 Å². The zero-order valence-electron chi connectivity index (χ0n) is 18.9. The number of ether oxygens (including phenoxy) is 2. The van der Waals surface area contributed by atoms with Gasteiger partial charge in [0.25, 0.3) is 5.56 Å². The Morgan fingerprint density at radius 2 is 1.94 bits per heavy atom. The van der Waals surface area contributed by atoms with Crippen LogP contribution in [0.4, 0.5) is 0 Å². The van der Waals surface area contributed by atoms with Crippen molar-refractivity contribution in [1.82, 2.24) is 14.5 Å². The number of hydrogen-bond acceptors (Lipinski definition) is 7. The highest BCUT2D eigenvalue weighted by molar-refractivity contribution is 5.97. The second-order valence-corrected chi connectivity index (χ2v) is 8.36. The molecule has 0 amide bonds. The number of aromatic nitrogens is 2. The quantitative estimate of drug-likeness (QED) is 0.307. The van der Waals surface area contributed by atoms with Crippen molar-refractivity contribution in [2.24, 2.45) is 0 Å². The largest absolute Gasteiger partial charge is 0.460 e. The molecule has 2 aromatic heterocycles. The number of pyridine rings is 2. The zero-order chi connectivity index (χ0) is 22.9. The molecule has 178 valence electrons. The van der Waals surface area contributed by atoms with E-state index in [0.717, 1.165) is 35.1 Å². The van der Waals surface area contributed by atoms with E-state index in [0.29, 0.717) is 43.1 Å². The van der Waals surface area contributed by atoms with E-state index in [1.807, 2.05) is 29.2 Å². The molecule has 0 saturated carbocycles. The van der Waals surface area contributed by atoms with Crippen LogP contribution >= 0.6 is 12.4 Å². The maximum Gasteiger partial charge on any atom is 0.320 e. The second-order valence-electron chi connectivity index (χ2n) is 8.36. The first kappa shape index (κ1) is 24.1. The summed E-state index contributed by atoms with van der Waals surface area (Å²) in [5.74, 6) is -0.354. The molecule has 0 aliphatic carbocycles. The number of carbonyl (C=O) groups is 2. The minimum Gasteiger partial charge on any atom is -0.460 e. The molecule has 1 saturated heterocycles. The van der Waals surface area contributed by atoms with E-state index in [1.165, 1.54) is 6.07 Å². The topological polar surface area (TPSA) is 90.7 Å². The van der Waals surface area contributed by atoms with Crippen LogP contribution in [0, 0.1) is 0 Å². The van der Waals surface area contributed by atoms with E-state index in [-0.39, 0.29) is 42.9 Å². The Morgan fingerprint density at radius 1 is 1.15 bits per heavy atom. The molecule has 0 unspecified atom stereocenters. The van der Waals surface area contributed by atoms with E-state index < -0.39 is 0 Å². The van der Waals surface area contributed by atoms with Gasteiger partial charge < -0.3 is 14.0 Å². The molecule has 2 aliphatic rings. The van der Waals surface area contributed by atoms with E-state index in [9.17, 15) is 14.4 Å². The minimum absolute atomic E-state index is 0. The Balaban J connectivity index is 0.00000274. The summed E-state index contributed by atoms with van der Waals surface area (Å²) < 4.78 is 12.5. The van der Waals surface area contributed by atoms with E-state index in [4.69, 9.17) is 14.5 Å². The number of carbonyl (C=O) groups excluding carboxylic acids is 2. The summed E-state index contributed by atoms with van der Waals surface area (Å²) in [6.07, 6.45) is 0.334. The highest BCUT2D eigenvalue weighted by Crippen LogP contribution is 2.33. The smallest absolute Gasteiger partial charge is 0.320 e. The monoisotopic (exact) mass is 483 g/mol. The fourth-order valence-corrected chi connectivity index (χ4v) is 4.40. The lowest BCUT2D eigenvalue weighted by Gasteiger charge is -2.25. The normalized spacial score (nSPS) is 14.9. The summed E-state index contributed by atoms with van der Waals surface area (Å²) in [5.41, 5.74) is 4.00. The van der Waals surface area contributed by atoms with Crippen molar-refractivity contribution >= 4 is 35.1 Å². The van der Waals surface area contributed by atoms with Crippen molar-refractivity contribution in [3.63, 3.8) is 0 Å². The maximum absolute atomic E-state index is 12.6. The van der Waals surface area contributed by atoms with Gasteiger partial charge in [-0.15, -0.1) is 12.4 Å². The summed E-state index contributed by atoms with van der Waals surface area (Å²) in [6.45, 7) is 5.25. The summed E-state index contributed by atoms with van der Waals surface area (Å²) in [6, 6.07) is 10.9. The van der Waals surface area contributed by atoms with Crippen LogP contribution in [0.3, 0.4) is 0 Å². The van der Waals surface area contributed by atoms with Crippen LogP contribution in [0.25, 0.3) is 22.3 Å². The summed E-state index contributed by atoms with van der Waals surface area (Å²) in [7, 11) is 0. The van der Waals surface area contributed by atoms with Gasteiger partial charge in [-0.05, 0) is 12.1 Å². The SMILES string of the molecule is CCC(=O)c1cc2n(c(=O)c1)Cc1cc3cccc(COC(=O)CN4CCOCC4)c3nc1-2.Cl. The third-order valence-corrected chi connectivity index (χ3v) is 6.20. The molecule has 0 atom stereocenters. The van der Waals surface area contributed by atoms with E-state index in [2.05, 4.69) is 0 Å². The Bertz CT molecular complexity index is 1310. The van der Waals surface area contributed by atoms with Crippen molar-refractivity contribution in [3.8, 4) is 11.4 Å². The van der Waals surface area contributed by atoms with Gasteiger partial charge >= 0.3 is 5.97 Å². The Kier molecular flexibility index (Phi) is 7.11. The van der Waals surface area contributed by atoms with E-state index in [1.54, 1.807) is 17.6 Å². The number of benzene rings is 1. The van der Waals surface area contributed by atoms with Crippen LogP contribution < -0.4 is 5.56 Å². The van der Waals surface area contributed by atoms with Gasteiger partial charge in [-0.25, -0.2) is 4.98 Å². The molecular weight excluding hydrogens is 458 g/mol. The van der Waals surface area contributed by atoms with Gasteiger partial charge in [-0.1, -0.05) is 25.1 Å².